The number of hydrazone groups is 1. The van der Waals surface area contributed by atoms with E-state index in [1.165, 1.54) is 6.21 Å². The van der Waals surface area contributed by atoms with Crippen LogP contribution in [-0.4, -0.2) is 90.5 Å². The monoisotopic (exact) mass is 741 g/mol. The molecule has 0 saturated carbocycles. The van der Waals surface area contributed by atoms with Crippen LogP contribution in [0.3, 0.4) is 0 Å². The molecule has 1 fully saturated rings. The van der Waals surface area contributed by atoms with Crippen molar-refractivity contribution >= 4 is 52.6 Å². The molecule has 0 spiro atoms. The molecule has 5 rings (SSSR count). The first-order chi connectivity index (χ1) is 25.9. The Morgan fingerprint density at radius 3 is 2.54 bits per heavy atom. The number of nitrogens with two attached hydrogens (primary N) is 2. The summed E-state index contributed by atoms with van der Waals surface area (Å²) in [5.41, 5.74) is 16.9. The number of carbonyl (C=O) groups excluding carboxylic acids is 2. The minimum Gasteiger partial charge on any atom is -0.480 e. The summed E-state index contributed by atoms with van der Waals surface area (Å²) < 4.78 is 0. The molecule has 0 unspecified atom stereocenters. The molecule has 3 atom stereocenters. The number of aliphatic hydroxyl groups is 1. The maximum absolute atomic E-state index is 13.0. The van der Waals surface area contributed by atoms with Gasteiger partial charge in [-0.2, -0.15) is 20.1 Å². The average Bonchev–Trinajstić information content (AvgIpc) is 3.45. The molecule has 2 amide bonds. The molecule has 0 radical (unpaired) electrons. The van der Waals surface area contributed by atoms with Crippen LogP contribution in [0.5, 0.6) is 0 Å². The second-order valence-electron chi connectivity index (χ2n) is 13.8. The van der Waals surface area contributed by atoms with Crippen LogP contribution < -0.4 is 27.1 Å². The Morgan fingerprint density at radius 2 is 1.85 bits per heavy atom. The fraction of sp³-hybridized carbons (Fsp3) is 0.405. The van der Waals surface area contributed by atoms with Gasteiger partial charge in [-0.15, -0.1) is 0 Å². The summed E-state index contributed by atoms with van der Waals surface area (Å²) in [6.07, 6.45) is 4.17. The van der Waals surface area contributed by atoms with Crippen LogP contribution in [0, 0.1) is 5.92 Å². The smallest absolute Gasteiger partial charge is 0.326 e. The highest BCUT2D eigenvalue weighted by atomic mass is 16.7. The van der Waals surface area contributed by atoms with E-state index in [2.05, 4.69) is 49.6 Å². The van der Waals surface area contributed by atoms with Crippen LogP contribution in [0.1, 0.15) is 67.6 Å². The van der Waals surface area contributed by atoms with Crippen molar-refractivity contribution in [2.45, 2.75) is 76.7 Å². The minimum atomic E-state index is -1.31. The molecule has 3 heterocycles. The Hall–Kier alpha value is -5.78. The van der Waals surface area contributed by atoms with Crippen LogP contribution in [0.2, 0.25) is 0 Å². The van der Waals surface area contributed by atoms with Crippen LogP contribution in [0.25, 0.3) is 11.2 Å². The lowest BCUT2D eigenvalue weighted by atomic mass is 9.82. The zero-order valence-electron chi connectivity index (χ0n) is 30.6. The van der Waals surface area contributed by atoms with Crippen molar-refractivity contribution in [3.63, 3.8) is 0 Å². The molecule has 1 aliphatic heterocycles. The molecule has 0 aliphatic carbocycles. The summed E-state index contributed by atoms with van der Waals surface area (Å²) in [5, 5.41) is 28.3. The first-order valence-electron chi connectivity index (χ1n) is 17.7. The highest BCUT2D eigenvalue weighted by Crippen LogP contribution is 2.40. The number of carbonyl (C=O) groups is 3. The minimum absolute atomic E-state index is 0.000969. The van der Waals surface area contributed by atoms with E-state index in [0.29, 0.717) is 48.7 Å². The first-order valence-corrected chi connectivity index (χ1v) is 17.7. The highest BCUT2D eigenvalue weighted by molar-refractivity contribution is 5.97. The number of carboxylic acid groups (broad SMARTS) is 1. The fourth-order valence-electron chi connectivity index (χ4n) is 6.59. The van der Waals surface area contributed by atoms with Gasteiger partial charge in [0, 0.05) is 44.3 Å². The molecule has 1 aliphatic rings. The molecule has 1 saturated heterocycles. The van der Waals surface area contributed by atoms with E-state index in [0.717, 1.165) is 17.7 Å². The Labute approximate surface area is 312 Å². The van der Waals surface area contributed by atoms with Gasteiger partial charge in [0.05, 0.1) is 30.2 Å². The number of amides is 2. The first kappa shape index (κ1) is 39.4. The number of nitrogens with one attached hydrogen (secondary N) is 2. The standard InChI is InChI=1S/C37H47N11O6/c1-23(2)17-37(15-16-49)18-28(54-48(37)21-24-7-5-4-6-8-24)20-41-46-30(50)14-13-29(35(52)53)43-34(51)25-9-11-27(12-10-25)47(3)22-26-19-40-33-31(42-26)32(38)44-36(39)45-33/h4-12,19-20,23,28-29,49H,13-18,21-22H2,1-3H3,(H,43,51)(H,46,50)(H,52,53)(H4,38,39,40,44,45)/b41-20+/t28-,29+,37+/m1/s1. The number of aliphatic hydroxyl groups excluding tert-OH is 1. The van der Waals surface area contributed by atoms with Gasteiger partial charge in [0.2, 0.25) is 11.9 Å². The van der Waals surface area contributed by atoms with E-state index >= 15 is 0 Å². The van der Waals surface area contributed by atoms with E-state index < -0.39 is 35.5 Å². The number of hydroxylamine groups is 2. The Morgan fingerprint density at radius 1 is 1.11 bits per heavy atom. The topological polar surface area (TPSA) is 247 Å². The number of aliphatic carboxylic acids is 1. The maximum Gasteiger partial charge on any atom is 0.326 e. The third-order valence-corrected chi connectivity index (χ3v) is 9.07. The van der Waals surface area contributed by atoms with Gasteiger partial charge in [-0.25, -0.2) is 20.2 Å². The molecule has 0 bridgehead atoms. The third kappa shape index (κ3) is 10.2. The Balaban J connectivity index is 1.12. The van der Waals surface area contributed by atoms with Crippen LogP contribution >= 0.6 is 0 Å². The lowest BCUT2D eigenvalue weighted by Gasteiger charge is -2.37. The van der Waals surface area contributed by atoms with Gasteiger partial charge < -0.3 is 31.9 Å². The molecule has 2 aromatic heterocycles. The molecule has 8 N–H and O–H groups in total. The summed E-state index contributed by atoms with van der Waals surface area (Å²) in [7, 11) is 1.83. The normalized spacial score (nSPS) is 17.9. The molecule has 17 nitrogen and oxygen atoms in total. The third-order valence-electron chi connectivity index (χ3n) is 9.07. The summed E-state index contributed by atoms with van der Waals surface area (Å²) in [6, 6.07) is 15.2. The largest absolute Gasteiger partial charge is 0.480 e. The van der Waals surface area contributed by atoms with E-state index in [9.17, 15) is 24.6 Å². The highest BCUT2D eigenvalue weighted by Gasteiger charge is 2.46. The molecular weight excluding hydrogens is 694 g/mol. The Bertz CT molecular complexity index is 1950. The maximum atomic E-state index is 13.0. The van der Waals surface area contributed by atoms with Crippen molar-refractivity contribution < 1.29 is 29.4 Å². The number of rotatable bonds is 17. The van der Waals surface area contributed by atoms with Gasteiger partial charge in [-0.3, -0.25) is 14.4 Å². The van der Waals surface area contributed by atoms with E-state index in [-0.39, 0.29) is 36.8 Å². The van der Waals surface area contributed by atoms with Gasteiger partial charge in [-0.1, -0.05) is 44.2 Å². The molecule has 2 aromatic carbocycles. The van der Waals surface area contributed by atoms with Gasteiger partial charge in [0.25, 0.3) is 5.91 Å². The summed E-state index contributed by atoms with van der Waals surface area (Å²) in [5.74, 6) is -1.91. The van der Waals surface area contributed by atoms with Crippen molar-refractivity contribution in [2.75, 3.05) is 30.0 Å². The van der Waals surface area contributed by atoms with Gasteiger partial charge in [0.15, 0.2) is 17.0 Å². The summed E-state index contributed by atoms with van der Waals surface area (Å²) >= 11 is 0. The van der Waals surface area contributed by atoms with Gasteiger partial charge in [0.1, 0.15) is 12.1 Å². The van der Waals surface area contributed by atoms with E-state index in [4.69, 9.17) is 16.3 Å². The predicted molar refractivity (Wildman–Crippen MR) is 203 cm³/mol. The number of hydrogen-bond acceptors (Lipinski definition) is 14. The molecule has 4 aromatic rings. The number of fused-ring (bicyclic) bond motifs is 1. The van der Waals surface area contributed by atoms with Crippen molar-refractivity contribution in [3.8, 4) is 0 Å². The van der Waals surface area contributed by atoms with Crippen LogP contribution in [0.4, 0.5) is 17.5 Å². The molecule has 54 heavy (non-hydrogen) atoms. The number of hydrogen-bond donors (Lipinski definition) is 6. The zero-order chi connectivity index (χ0) is 38.8. The SMILES string of the molecule is CC(C)C[C@@]1(CCO)C[C@H](/C=N/NC(=O)CC[C@H](NC(=O)c2ccc(N(C)Cc3cnc4nc(N)nc(N)c4n3)cc2)C(=O)O)ON1Cc1ccccc1. The van der Waals surface area contributed by atoms with E-state index in [1.807, 2.05) is 47.3 Å². The van der Waals surface area contributed by atoms with Crippen molar-refractivity contribution in [1.29, 1.82) is 0 Å². The number of anilines is 3. The van der Waals surface area contributed by atoms with Crippen LogP contribution in [-0.2, 0) is 27.5 Å². The second kappa shape index (κ2) is 17.8. The van der Waals surface area contributed by atoms with E-state index in [1.54, 1.807) is 30.5 Å². The number of nitrogens with zero attached hydrogens (tertiary/aromatic N) is 7. The number of nitrogen functional groups attached to an aromatic ring is 2. The molecule has 286 valence electrons. The van der Waals surface area contributed by atoms with Gasteiger partial charge in [-0.05, 0) is 55.0 Å². The van der Waals surface area contributed by atoms with Gasteiger partial charge >= 0.3 is 5.97 Å². The fourth-order valence-corrected chi connectivity index (χ4v) is 6.59. The Kier molecular flexibility index (Phi) is 13.0. The second-order valence-corrected chi connectivity index (χ2v) is 13.8. The summed E-state index contributed by atoms with van der Waals surface area (Å²) in [4.78, 5) is 62.5. The summed E-state index contributed by atoms with van der Waals surface area (Å²) in [6.45, 7) is 5.13. The average molecular weight is 742 g/mol. The lowest BCUT2D eigenvalue weighted by Crippen LogP contribution is -2.44. The zero-order valence-corrected chi connectivity index (χ0v) is 30.6. The number of carboxylic acids is 1. The number of benzene rings is 2. The number of aromatic nitrogens is 4. The lowest BCUT2D eigenvalue weighted by molar-refractivity contribution is -0.189. The van der Waals surface area contributed by atoms with Crippen molar-refractivity contribution in [1.82, 2.24) is 35.7 Å². The predicted octanol–water partition coefficient (Wildman–Crippen LogP) is 2.66. The molecular formula is C37H47N11O6. The van der Waals surface area contributed by atoms with Crippen molar-refractivity contribution in [2.24, 2.45) is 11.0 Å². The quantitative estimate of drug-likeness (QED) is 0.0673. The van der Waals surface area contributed by atoms with Crippen LogP contribution in [0.15, 0.2) is 65.9 Å². The van der Waals surface area contributed by atoms with Crippen molar-refractivity contribution in [3.05, 3.63) is 77.6 Å². The molecule has 17 heteroatoms.